The van der Waals surface area contributed by atoms with Gasteiger partial charge in [-0.2, -0.15) is 0 Å². The van der Waals surface area contributed by atoms with Crippen molar-refractivity contribution in [3.8, 4) is 0 Å². The van der Waals surface area contributed by atoms with Crippen LogP contribution in [0.5, 0.6) is 0 Å². The quantitative estimate of drug-likeness (QED) is 0.601. The van der Waals surface area contributed by atoms with Crippen molar-refractivity contribution in [2.45, 2.75) is 57.0 Å². The molecule has 0 unspecified atom stereocenters. The van der Waals surface area contributed by atoms with Crippen molar-refractivity contribution in [3.05, 3.63) is 21.9 Å². The highest BCUT2D eigenvalue weighted by atomic mass is 32.1. The second-order valence-corrected chi connectivity index (χ2v) is 8.92. The molecule has 26 heavy (non-hydrogen) atoms. The fourth-order valence-corrected chi connectivity index (χ4v) is 5.75. The summed E-state index contributed by atoms with van der Waals surface area (Å²) >= 11 is 1.80. The van der Waals surface area contributed by atoms with Crippen LogP contribution in [0.4, 0.5) is 4.79 Å². The fourth-order valence-electron chi connectivity index (χ4n) is 4.83. The molecule has 0 radical (unpaired) electrons. The first-order valence-electron chi connectivity index (χ1n) is 9.64. The minimum atomic E-state index is -0.646. The molecule has 7 heteroatoms. The number of hydrogen-bond donors (Lipinski definition) is 0. The van der Waals surface area contributed by atoms with Gasteiger partial charge in [-0.05, 0) is 55.0 Å². The molecule has 1 saturated heterocycles. The van der Waals surface area contributed by atoms with Crippen molar-refractivity contribution in [1.82, 2.24) is 14.7 Å². The third-order valence-corrected chi connectivity index (χ3v) is 7.28. The molecule has 4 amide bonds. The number of fused-ring (bicyclic) bond motifs is 1. The number of thiophene rings is 1. The monoisotopic (exact) mass is 373 g/mol. The maximum atomic E-state index is 12.9. The molecule has 4 aliphatic rings. The van der Waals surface area contributed by atoms with Crippen LogP contribution in [0.15, 0.2) is 11.4 Å². The largest absolute Gasteiger partial charge is 0.335 e. The molecule has 0 N–H and O–H groups in total. The minimum Gasteiger partial charge on any atom is -0.278 e. The molecule has 5 rings (SSSR count). The average Bonchev–Trinajstić information content (AvgIpc) is 3.04. The zero-order valence-corrected chi connectivity index (χ0v) is 15.5. The van der Waals surface area contributed by atoms with Crippen molar-refractivity contribution in [1.29, 1.82) is 0 Å². The van der Waals surface area contributed by atoms with Gasteiger partial charge in [0.2, 0.25) is 0 Å². The highest BCUT2D eigenvalue weighted by Gasteiger charge is 2.50. The molecule has 3 heterocycles. The summed E-state index contributed by atoms with van der Waals surface area (Å²) in [5.74, 6) is -0.663. The molecule has 1 atom stereocenters. The molecular formula is C19H23N3O3S. The lowest BCUT2D eigenvalue weighted by molar-refractivity contribution is -0.144. The Bertz CT molecular complexity index is 766. The van der Waals surface area contributed by atoms with E-state index in [4.69, 9.17) is 0 Å². The predicted molar refractivity (Wildman–Crippen MR) is 96.4 cm³/mol. The van der Waals surface area contributed by atoms with E-state index in [1.54, 1.807) is 11.3 Å². The van der Waals surface area contributed by atoms with Gasteiger partial charge in [0, 0.05) is 23.5 Å². The topological polar surface area (TPSA) is 60.9 Å². The van der Waals surface area contributed by atoms with E-state index in [-0.39, 0.29) is 18.8 Å². The van der Waals surface area contributed by atoms with Gasteiger partial charge in [-0.15, -0.1) is 11.3 Å². The van der Waals surface area contributed by atoms with E-state index in [1.807, 2.05) is 0 Å². The van der Waals surface area contributed by atoms with Crippen LogP contribution < -0.4 is 0 Å². The summed E-state index contributed by atoms with van der Waals surface area (Å²) in [4.78, 5) is 43.9. The number of urea groups is 1. The van der Waals surface area contributed by atoms with Crippen LogP contribution >= 0.6 is 11.3 Å². The van der Waals surface area contributed by atoms with Crippen LogP contribution in [0.3, 0.4) is 0 Å². The second kappa shape index (κ2) is 6.16. The molecule has 2 saturated carbocycles. The molecule has 138 valence electrons. The van der Waals surface area contributed by atoms with Crippen LogP contribution in [0.25, 0.3) is 0 Å². The van der Waals surface area contributed by atoms with Gasteiger partial charge < -0.3 is 0 Å². The summed E-state index contributed by atoms with van der Waals surface area (Å²) in [7, 11) is 0. The summed E-state index contributed by atoms with van der Waals surface area (Å²) in [6, 6.07) is 1.98. The van der Waals surface area contributed by atoms with Crippen molar-refractivity contribution in [3.63, 3.8) is 0 Å². The summed E-state index contributed by atoms with van der Waals surface area (Å²) in [6.07, 6.45) is 7.04. The van der Waals surface area contributed by atoms with Crippen LogP contribution in [0.2, 0.25) is 0 Å². The number of carbonyl (C=O) groups excluding carboxylic acids is 3. The molecule has 6 nitrogen and oxygen atoms in total. The summed E-state index contributed by atoms with van der Waals surface area (Å²) in [5.41, 5.74) is 1.36. The molecular weight excluding hydrogens is 350 g/mol. The smallest absolute Gasteiger partial charge is 0.278 e. The summed E-state index contributed by atoms with van der Waals surface area (Å²) in [6.45, 7) is 1.08. The van der Waals surface area contributed by atoms with Gasteiger partial charge in [-0.1, -0.05) is 12.8 Å². The number of amides is 4. The van der Waals surface area contributed by atoms with Crippen LogP contribution in [0.1, 0.15) is 55.0 Å². The number of imide groups is 2. The zero-order valence-electron chi connectivity index (χ0n) is 14.7. The molecule has 2 aliphatic carbocycles. The first kappa shape index (κ1) is 16.4. The Morgan fingerprint density at radius 3 is 2.54 bits per heavy atom. The fraction of sp³-hybridized carbons (Fsp3) is 0.632. The number of hydrogen-bond acceptors (Lipinski definition) is 5. The molecule has 0 spiro atoms. The molecule has 0 bridgehead atoms. The van der Waals surface area contributed by atoms with Crippen molar-refractivity contribution in [2.24, 2.45) is 5.92 Å². The molecule has 2 aliphatic heterocycles. The van der Waals surface area contributed by atoms with Gasteiger partial charge in [0.05, 0.1) is 6.67 Å². The Balaban J connectivity index is 1.38. The normalized spacial score (nSPS) is 27.7. The van der Waals surface area contributed by atoms with Crippen molar-refractivity contribution < 1.29 is 14.4 Å². The summed E-state index contributed by atoms with van der Waals surface area (Å²) < 4.78 is 0. The standard InChI is InChI=1S/C19H23N3O3S/c23-17-18(24)22(13-3-1-2-4-13)19(25)21(17)11-20-9-7-15-14(8-10-26-15)16(20)12-5-6-12/h8,10,12-13,16H,1-7,9,11H2/t16-/m0/s1. The maximum Gasteiger partial charge on any atom is 0.335 e. The highest BCUT2D eigenvalue weighted by Crippen LogP contribution is 2.48. The Kier molecular flexibility index (Phi) is 3.90. The van der Waals surface area contributed by atoms with E-state index < -0.39 is 17.8 Å². The van der Waals surface area contributed by atoms with Gasteiger partial charge in [0.15, 0.2) is 0 Å². The minimum absolute atomic E-state index is 0.0898. The van der Waals surface area contributed by atoms with Crippen molar-refractivity contribution in [2.75, 3.05) is 13.2 Å². The zero-order chi connectivity index (χ0) is 17.8. The molecule has 1 aromatic heterocycles. The number of nitrogens with zero attached hydrogens (tertiary/aromatic N) is 3. The van der Waals surface area contributed by atoms with E-state index in [2.05, 4.69) is 16.3 Å². The first-order valence-corrected chi connectivity index (χ1v) is 10.5. The van der Waals surface area contributed by atoms with Gasteiger partial charge in [-0.25, -0.2) is 9.69 Å². The lowest BCUT2D eigenvalue weighted by atomic mass is 9.96. The predicted octanol–water partition coefficient (Wildman–Crippen LogP) is 2.75. The lowest BCUT2D eigenvalue weighted by Gasteiger charge is -2.37. The van der Waals surface area contributed by atoms with E-state index in [0.717, 1.165) is 38.6 Å². The Hall–Kier alpha value is -1.73. The van der Waals surface area contributed by atoms with Gasteiger partial charge in [0.25, 0.3) is 0 Å². The van der Waals surface area contributed by atoms with E-state index in [1.165, 1.54) is 33.1 Å². The van der Waals surface area contributed by atoms with Crippen LogP contribution in [-0.4, -0.2) is 51.8 Å². The highest BCUT2D eigenvalue weighted by molar-refractivity contribution is 7.10. The van der Waals surface area contributed by atoms with Gasteiger partial charge in [0.1, 0.15) is 0 Å². The molecule has 0 aromatic carbocycles. The summed E-state index contributed by atoms with van der Waals surface area (Å²) in [5, 5.41) is 2.14. The van der Waals surface area contributed by atoms with E-state index in [9.17, 15) is 14.4 Å². The van der Waals surface area contributed by atoms with Crippen molar-refractivity contribution >= 4 is 29.2 Å². The second-order valence-electron chi connectivity index (χ2n) is 7.91. The lowest BCUT2D eigenvalue weighted by Crippen LogP contribution is -2.47. The Morgan fingerprint density at radius 1 is 1.04 bits per heavy atom. The molecule has 3 fully saturated rings. The van der Waals surface area contributed by atoms with E-state index >= 15 is 0 Å². The Morgan fingerprint density at radius 2 is 1.81 bits per heavy atom. The third-order valence-electron chi connectivity index (χ3n) is 6.28. The molecule has 1 aromatic rings. The third kappa shape index (κ3) is 2.52. The number of carbonyl (C=O) groups is 3. The van der Waals surface area contributed by atoms with E-state index in [0.29, 0.717) is 5.92 Å². The van der Waals surface area contributed by atoms with Crippen LogP contribution in [-0.2, 0) is 16.0 Å². The number of rotatable bonds is 4. The average molecular weight is 373 g/mol. The maximum absolute atomic E-state index is 12.9. The van der Waals surface area contributed by atoms with Gasteiger partial charge in [-0.3, -0.25) is 19.4 Å². The Labute approximate surface area is 156 Å². The SMILES string of the molecule is O=C1C(=O)N(C2CCCC2)C(=O)N1CN1CCc2sccc2[C@@H]1C1CC1. The van der Waals surface area contributed by atoms with Gasteiger partial charge >= 0.3 is 17.8 Å². The van der Waals surface area contributed by atoms with Crippen LogP contribution in [0, 0.1) is 5.92 Å². The first-order chi connectivity index (χ1) is 12.6.